The van der Waals surface area contributed by atoms with Gasteiger partial charge < -0.3 is 9.47 Å². The Kier molecular flexibility index (Phi) is 2.95. The lowest BCUT2D eigenvalue weighted by atomic mass is 10.1. The maximum absolute atomic E-state index is 11.1. The van der Waals surface area contributed by atoms with Crippen molar-refractivity contribution in [3.05, 3.63) is 30.0 Å². The van der Waals surface area contributed by atoms with Gasteiger partial charge in [0.15, 0.2) is 17.8 Å². The van der Waals surface area contributed by atoms with E-state index in [1.165, 1.54) is 0 Å². The Labute approximate surface area is 110 Å². The molecule has 0 unspecified atom stereocenters. The lowest BCUT2D eigenvalue weighted by molar-refractivity contribution is 0.112. The van der Waals surface area contributed by atoms with Gasteiger partial charge in [0.25, 0.3) is 0 Å². The first kappa shape index (κ1) is 11.8. The molecular weight excluding hydrogens is 244 g/mol. The number of aryl methyl sites for hydroxylation is 1. The maximum Gasteiger partial charge on any atom is 0.162 e. The van der Waals surface area contributed by atoms with Crippen LogP contribution in [0.2, 0.25) is 0 Å². The van der Waals surface area contributed by atoms with Gasteiger partial charge in [0.1, 0.15) is 18.9 Å². The van der Waals surface area contributed by atoms with Crippen LogP contribution in [0.15, 0.2) is 24.4 Å². The summed E-state index contributed by atoms with van der Waals surface area (Å²) in [6.45, 7) is 3.82. The fourth-order valence-electron chi connectivity index (χ4n) is 2.10. The van der Waals surface area contributed by atoms with Gasteiger partial charge in [0.05, 0.1) is 5.56 Å². The molecule has 5 nitrogen and oxygen atoms in total. The summed E-state index contributed by atoms with van der Waals surface area (Å²) in [6.07, 6.45) is 2.57. The molecule has 3 rings (SSSR count). The van der Waals surface area contributed by atoms with Crippen LogP contribution in [0.25, 0.3) is 11.3 Å². The Morgan fingerprint density at radius 2 is 2.11 bits per heavy atom. The molecule has 19 heavy (non-hydrogen) atoms. The van der Waals surface area contributed by atoms with E-state index in [1.54, 1.807) is 10.9 Å². The maximum atomic E-state index is 11.1. The standard InChI is InChI=1S/C14H14N2O3/c1-2-16-8-11(9-17)14(15-16)10-3-4-12-13(7-10)19-6-5-18-12/h3-4,7-9H,2,5-6H2,1H3. The van der Waals surface area contributed by atoms with Crippen molar-refractivity contribution in [2.45, 2.75) is 13.5 Å². The van der Waals surface area contributed by atoms with Crippen LogP contribution >= 0.6 is 0 Å². The summed E-state index contributed by atoms with van der Waals surface area (Å²) in [5.41, 5.74) is 2.12. The number of fused-ring (bicyclic) bond motifs is 1. The van der Waals surface area contributed by atoms with Gasteiger partial charge in [-0.25, -0.2) is 0 Å². The van der Waals surface area contributed by atoms with Gasteiger partial charge >= 0.3 is 0 Å². The Balaban J connectivity index is 2.06. The van der Waals surface area contributed by atoms with E-state index in [4.69, 9.17) is 9.47 Å². The first-order valence-corrected chi connectivity index (χ1v) is 6.24. The number of aldehydes is 1. The second kappa shape index (κ2) is 4.76. The minimum atomic E-state index is 0.542. The number of aromatic nitrogens is 2. The van der Waals surface area contributed by atoms with Crippen LogP contribution in [0.3, 0.4) is 0 Å². The number of rotatable bonds is 3. The zero-order valence-corrected chi connectivity index (χ0v) is 10.6. The quantitative estimate of drug-likeness (QED) is 0.792. The third-order valence-electron chi connectivity index (χ3n) is 3.06. The first-order valence-electron chi connectivity index (χ1n) is 6.24. The molecule has 2 aromatic rings. The smallest absolute Gasteiger partial charge is 0.162 e. The van der Waals surface area contributed by atoms with Crippen LogP contribution in [0.1, 0.15) is 17.3 Å². The third-order valence-corrected chi connectivity index (χ3v) is 3.06. The lowest BCUT2D eigenvalue weighted by Crippen LogP contribution is -2.15. The van der Waals surface area contributed by atoms with Crippen molar-refractivity contribution >= 4 is 6.29 Å². The molecule has 1 aromatic carbocycles. The van der Waals surface area contributed by atoms with Crippen molar-refractivity contribution in [1.29, 1.82) is 0 Å². The fourth-order valence-corrected chi connectivity index (χ4v) is 2.10. The number of hydrogen-bond acceptors (Lipinski definition) is 4. The summed E-state index contributed by atoms with van der Waals surface area (Å²) >= 11 is 0. The molecule has 0 amide bonds. The number of carbonyl (C=O) groups is 1. The molecule has 98 valence electrons. The van der Waals surface area contributed by atoms with E-state index in [1.807, 2.05) is 25.1 Å². The predicted molar refractivity (Wildman–Crippen MR) is 69.7 cm³/mol. The summed E-state index contributed by atoms with van der Waals surface area (Å²) in [4.78, 5) is 11.1. The van der Waals surface area contributed by atoms with Crippen LogP contribution in [0, 0.1) is 0 Å². The van der Waals surface area contributed by atoms with Crippen molar-refractivity contribution in [3.63, 3.8) is 0 Å². The highest BCUT2D eigenvalue weighted by molar-refractivity contribution is 5.85. The number of hydrogen-bond donors (Lipinski definition) is 0. The molecule has 5 heteroatoms. The van der Waals surface area contributed by atoms with Crippen molar-refractivity contribution < 1.29 is 14.3 Å². The molecule has 0 bridgehead atoms. The van der Waals surface area contributed by atoms with Gasteiger partial charge in [-0.15, -0.1) is 0 Å². The first-order chi connectivity index (χ1) is 9.31. The number of benzene rings is 1. The van der Waals surface area contributed by atoms with Crippen LogP contribution < -0.4 is 9.47 Å². The summed E-state index contributed by atoms with van der Waals surface area (Å²) in [6, 6.07) is 5.61. The zero-order valence-electron chi connectivity index (χ0n) is 10.6. The lowest BCUT2D eigenvalue weighted by Gasteiger charge is -2.18. The molecule has 0 saturated carbocycles. The van der Waals surface area contributed by atoms with Crippen LogP contribution in [0.4, 0.5) is 0 Å². The molecule has 1 aromatic heterocycles. The summed E-state index contributed by atoms with van der Waals surface area (Å²) < 4.78 is 12.8. The van der Waals surface area contributed by atoms with Crippen molar-refractivity contribution in [1.82, 2.24) is 9.78 Å². The van der Waals surface area contributed by atoms with E-state index >= 15 is 0 Å². The fraction of sp³-hybridized carbons (Fsp3) is 0.286. The van der Waals surface area contributed by atoms with Gasteiger partial charge in [-0.3, -0.25) is 9.48 Å². The van der Waals surface area contributed by atoms with Crippen molar-refractivity contribution in [3.8, 4) is 22.8 Å². The van der Waals surface area contributed by atoms with Crippen LogP contribution in [0.5, 0.6) is 11.5 Å². The topological polar surface area (TPSA) is 53.4 Å². The largest absolute Gasteiger partial charge is 0.486 e. The molecule has 2 heterocycles. The number of ether oxygens (including phenoxy) is 2. The van der Waals surface area contributed by atoms with Crippen molar-refractivity contribution in [2.24, 2.45) is 0 Å². The molecule has 0 N–H and O–H groups in total. The third kappa shape index (κ3) is 2.07. The van der Waals surface area contributed by atoms with E-state index in [2.05, 4.69) is 5.10 Å². The van der Waals surface area contributed by atoms with Gasteiger partial charge in [-0.2, -0.15) is 5.10 Å². The molecule has 1 aliphatic heterocycles. The molecule has 0 saturated heterocycles. The second-order valence-corrected chi connectivity index (χ2v) is 4.27. The van der Waals surface area contributed by atoms with E-state index in [9.17, 15) is 4.79 Å². The van der Waals surface area contributed by atoms with E-state index in [-0.39, 0.29) is 0 Å². The van der Waals surface area contributed by atoms with Crippen LogP contribution in [-0.4, -0.2) is 29.3 Å². The molecule has 0 atom stereocenters. The summed E-state index contributed by atoms with van der Waals surface area (Å²) in [5, 5.41) is 4.41. The Hall–Kier alpha value is -2.30. The average Bonchev–Trinajstić information content (AvgIpc) is 2.90. The zero-order chi connectivity index (χ0) is 13.2. The second-order valence-electron chi connectivity index (χ2n) is 4.27. The molecule has 0 aliphatic carbocycles. The minimum absolute atomic E-state index is 0.542. The van der Waals surface area contributed by atoms with E-state index in [0.717, 1.165) is 24.1 Å². The van der Waals surface area contributed by atoms with Crippen LogP contribution in [-0.2, 0) is 6.54 Å². The Bertz CT molecular complexity index is 619. The number of nitrogens with zero attached hydrogens (tertiary/aromatic N) is 2. The summed E-state index contributed by atoms with van der Waals surface area (Å²) in [7, 11) is 0. The number of carbonyl (C=O) groups excluding carboxylic acids is 1. The normalized spacial score (nSPS) is 13.3. The van der Waals surface area contributed by atoms with Crippen molar-refractivity contribution in [2.75, 3.05) is 13.2 Å². The highest BCUT2D eigenvalue weighted by Gasteiger charge is 2.16. The Morgan fingerprint density at radius 1 is 1.32 bits per heavy atom. The molecular formula is C14H14N2O3. The van der Waals surface area contributed by atoms with Gasteiger partial charge in [-0.1, -0.05) is 0 Å². The van der Waals surface area contributed by atoms with E-state index < -0.39 is 0 Å². The molecule has 0 fully saturated rings. The highest BCUT2D eigenvalue weighted by atomic mass is 16.6. The van der Waals surface area contributed by atoms with Gasteiger partial charge in [0.2, 0.25) is 0 Å². The molecule has 1 aliphatic rings. The highest BCUT2D eigenvalue weighted by Crippen LogP contribution is 2.34. The Morgan fingerprint density at radius 3 is 2.84 bits per heavy atom. The molecule has 0 radical (unpaired) electrons. The summed E-state index contributed by atoms with van der Waals surface area (Å²) in [5.74, 6) is 1.43. The minimum Gasteiger partial charge on any atom is -0.486 e. The van der Waals surface area contributed by atoms with Gasteiger partial charge in [-0.05, 0) is 25.1 Å². The van der Waals surface area contributed by atoms with Gasteiger partial charge in [0, 0.05) is 18.3 Å². The molecule has 0 spiro atoms. The van der Waals surface area contributed by atoms with E-state index in [0.29, 0.717) is 30.2 Å². The monoisotopic (exact) mass is 258 g/mol. The predicted octanol–water partition coefficient (Wildman–Crippen LogP) is 2.15. The average molecular weight is 258 g/mol. The SMILES string of the molecule is CCn1cc(C=O)c(-c2ccc3c(c2)OCCO3)n1.